The number of nitrogens with zero attached hydrogens (tertiary/aromatic N) is 1. The van der Waals surface area contributed by atoms with Gasteiger partial charge in [0.2, 0.25) is 0 Å². The van der Waals surface area contributed by atoms with Crippen molar-refractivity contribution in [2.45, 2.75) is 19.3 Å². The molecule has 58 heavy (non-hydrogen) atoms. The van der Waals surface area contributed by atoms with Crippen molar-refractivity contribution in [1.82, 2.24) is 0 Å². The van der Waals surface area contributed by atoms with E-state index >= 15 is 0 Å². The van der Waals surface area contributed by atoms with Gasteiger partial charge in [0.25, 0.3) is 0 Å². The van der Waals surface area contributed by atoms with Crippen LogP contribution in [0.3, 0.4) is 0 Å². The Hall–Kier alpha value is -6.94. The van der Waals surface area contributed by atoms with Crippen LogP contribution in [0.25, 0.3) is 86.3 Å². The molecule has 3 heteroatoms. The zero-order valence-corrected chi connectivity index (χ0v) is 33.0. The van der Waals surface area contributed by atoms with E-state index in [-0.39, 0.29) is 5.41 Å². The minimum absolute atomic E-state index is 0.0636. The number of hydrogen-bond acceptors (Lipinski definition) is 3. The molecule has 0 atom stereocenters. The summed E-state index contributed by atoms with van der Waals surface area (Å²) in [5.41, 5.74) is 15.4. The molecule has 0 amide bonds. The number of thiophene rings is 1. The number of para-hydroxylation sites is 1. The molecule has 2 aromatic heterocycles. The summed E-state index contributed by atoms with van der Waals surface area (Å²) in [5, 5.41) is 7.20. The van der Waals surface area contributed by atoms with Gasteiger partial charge in [-0.25, -0.2) is 0 Å². The Balaban J connectivity index is 0.950. The molecule has 0 bridgehead atoms. The molecule has 12 rings (SSSR count). The first-order valence-electron chi connectivity index (χ1n) is 20.0. The van der Waals surface area contributed by atoms with Gasteiger partial charge in [0.05, 0.1) is 10.4 Å². The van der Waals surface area contributed by atoms with E-state index in [9.17, 15) is 0 Å². The van der Waals surface area contributed by atoms with Crippen LogP contribution in [0.4, 0.5) is 17.1 Å². The van der Waals surface area contributed by atoms with Crippen LogP contribution in [0, 0.1) is 0 Å². The quantitative estimate of drug-likeness (QED) is 0.174. The fourth-order valence-electron chi connectivity index (χ4n) is 9.60. The molecule has 274 valence electrons. The standard InChI is InChI=1S/C55H37NOS/c1-55(2)48-20-10-8-16-40(48)41-29-26-36(31-49(41)55)46-33-47-42-30-25-35(32-51(42)57-53(47)44-18-7-6-15-39(44)46)34-23-27-38(28-24-34)56(37-13-4-3-5-14-37)50-21-12-19-45-43-17-9-11-22-52(43)58-54(45)50/h3-33H,1-2H3. The summed E-state index contributed by atoms with van der Waals surface area (Å²) >= 11 is 1.86. The summed E-state index contributed by atoms with van der Waals surface area (Å²) in [6, 6.07) is 68.7. The molecule has 0 unspecified atom stereocenters. The summed E-state index contributed by atoms with van der Waals surface area (Å²) in [4.78, 5) is 2.38. The monoisotopic (exact) mass is 759 g/mol. The van der Waals surface area contributed by atoms with Gasteiger partial charge in [-0.2, -0.15) is 0 Å². The summed E-state index contributed by atoms with van der Waals surface area (Å²) in [7, 11) is 0. The summed E-state index contributed by atoms with van der Waals surface area (Å²) in [6.45, 7) is 4.70. The third kappa shape index (κ3) is 4.90. The Morgan fingerprint density at radius 3 is 1.97 bits per heavy atom. The largest absolute Gasteiger partial charge is 0.455 e. The van der Waals surface area contributed by atoms with Gasteiger partial charge in [0, 0.05) is 48.4 Å². The van der Waals surface area contributed by atoms with Crippen LogP contribution in [0.15, 0.2) is 192 Å². The van der Waals surface area contributed by atoms with Crippen LogP contribution in [0.5, 0.6) is 0 Å². The van der Waals surface area contributed by atoms with Gasteiger partial charge in [-0.05, 0) is 111 Å². The van der Waals surface area contributed by atoms with E-state index in [4.69, 9.17) is 4.42 Å². The highest BCUT2D eigenvalue weighted by Crippen LogP contribution is 2.51. The van der Waals surface area contributed by atoms with Gasteiger partial charge in [-0.1, -0.05) is 141 Å². The second kappa shape index (κ2) is 12.5. The van der Waals surface area contributed by atoms with Crippen molar-refractivity contribution in [3.63, 3.8) is 0 Å². The van der Waals surface area contributed by atoms with Crippen LogP contribution in [-0.4, -0.2) is 0 Å². The minimum Gasteiger partial charge on any atom is -0.455 e. The van der Waals surface area contributed by atoms with Crippen molar-refractivity contribution in [3.8, 4) is 33.4 Å². The predicted molar refractivity (Wildman–Crippen MR) is 247 cm³/mol. The lowest BCUT2D eigenvalue weighted by Gasteiger charge is -2.26. The number of benzene rings is 9. The Labute approximate surface area is 340 Å². The molecule has 0 radical (unpaired) electrons. The highest BCUT2D eigenvalue weighted by molar-refractivity contribution is 7.26. The molecule has 0 aliphatic heterocycles. The molecule has 0 saturated heterocycles. The number of hydrogen-bond donors (Lipinski definition) is 0. The molecule has 0 saturated carbocycles. The van der Waals surface area contributed by atoms with Crippen molar-refractivity contribution < 1.29 is 4.42 Å². The van der Waals surface area contributed by atoms with Gasteiger partial charge in [-0.15, -0.1) is 11.3 Å². The molecular weight excluding hydrogens is 723 g/mol. The third-order valence-corrected chi connectivity index (χ3v) is 13.7. The summed E-state index contributed by atoms with van der Waals surface area (Å²) < 4.78 is 9.39. The molecule has 11 aromatic rings. The maximum absolute atomic E-state index is 6.80. The van der Waals surface area contributed by atoms with E-state index in [0.717, 1.165) is 49.8 Å². The van der Waals surface area contributed by atoms with Crippen molar-refractivity contribution in [2.24, 2.45) is 0 Å². The van der Waals surface area contributed by atoms with E-state index in [2.05, 4.69) is 207 Å². The Morgan fingerprint density at radius 2 is 1.10 bits per heavy atom. The maximum atomic E-state index is 6.80. The maximum Gasteiger partial charge on any atom is 0.143 e. The summed E-state index contributed by atoms with van der Waals surface area (Å²) in [6.07, 6.45) is 0. The zero-order chi connectivity index (χ0) is 38.5. The smallest absolute Gasteiger partial charge is 0.143 e. The van der Waals surface area contributed by atoms with E-state index < -0.39 is 0 Å². The van der Waals surface area contributed by atoms with E-state index in [1.165, 1.54) is 64.6 Å². The number of anilines is 3. The normalized spacial score (nSPS) is 13.1. The predicted octanol–water partition coefficient (Wildman–Crippen LogP) is 16.2. The van der Waals surface area contributed by atoms with Crippen LogP contribution in [0.2, 0.25) is 0 Å². The van der Waals surface area contributed by atoms with Crippen LogP contribution in [-0.2, 0) is 5.41 Å². The Morgan fingerprint density at radius 1 is 0.431 bits per heavy atom. The lowest BCUT2D eigenvalue weighted by atomic mass is 9.81. The number of fused-ring (bicyclic) bond motifs is 11. The molecule has 1 aliphatic carbocycles. The van der Waals surface area contributed by atoms with Crippen molar-refractivity contribution in [1.29, 1.82) is 0 Å². The van der Waals surface area contributed by atoms with Gasteiger partial charge < -0.3 is 9.32 Å². The van der Waals surface area contributed by atoms with E-state index in [1.807, 2.05) is 11.3 Å². The lowest BCUT2D eigenvalue weighted by Crippen LogP contribution is -2.14. The molecule has 0 fully saturated rings. The van der Waals surface area contributed by atoms with Gasteiger partial charge in [0.15, 0.2) is 0 Å². The molecule has 0 N–H and O–H groups in total. The molecule has 0 spiro atoms. The highest BCUT2D eigenvalue weighted by atomic mass is 32.1. The average Bonchev–Trinajstić information content (AvgIpc) is 3.92. The first-order chi connectivity index (χ1) is 28.5. The van der Waals surface area contributed by atoms with Crippen molar-refractivity contribution >= 4 is 81.3 Å². The first kappa shape index (κ1) is 33.2. The average molecular weight is 760 g/mol. The van der Waals surface area contributed by atoms with Crippen molar-refractivity contribution in [3.05, 3.63) is 199 Å². The Kier molecular flexibility index (Phi) is 7.18. The van der Waals surface area contributed by atoms with Gasteiger partial charge in [0.1, 0.15) is 11.2 Å². The molecule has 2 heterocycles. The van der Waals surface area contributed by atoms with Crippen LogP contribution < -0.4 is 4.90 Å². The second-order valence-electron chi connectivity index (χ2n) is 16.1. The zero-order valence-electron chi connectivity index (χ0n) is 32.2. The number of rotatable bonds is 5. The molecule has 9 aromatic carbocycles. The van der Waals surface area contributed by atoms with Gasteiger partial charge in [-0.3, -0.25) is 0 Å². The van der Waals surface area contributed by atoms with Gasteiger partial charge >= 0.3 is 0 Å². The second-order valence-corrected chi connectivity index (χ2v) is 17.1. The minimum atomic E-state index is -0.0636. The molecule has 2 nitrogen and oxygen atoms in total. The lowest BCUT2D eigenvalue weighted by molar-refractivity contribution is 0.660. The van der Waals surface area contributed by atoms with Crippen LogP contribution >= 0.6 is 11.3 Å². The van der Waals surface area contributed by atoms with Crippen molar-refractivity contribution in [2.75, 3.05) is 4.90 Å². The molecular formula is C55H37NOS. The van der Waals surface area contributed by atoms with E-state index in [0.29, 0.717) is 0 Å². The first-order valence-corrected chi connectivity index (χ1v) is 20.8. The number of furan rings is 1. The fraction of sp³-hybridized carbons (Fsp3) is 0.0545. The fourth-order valence-corrected chi connectivity index (χ4v) is 10.8. The third-order valence-electron chi connectivity index (χ3n) is 12.5. The highest BCUT2D eigenvalue weighted by Gasteiger charge is 2.35. The SMILES string of the molecule is CC1(C)c2ccccc2-c2ccc(-c3cc4c5ccc(-c6ccc(N(c7ccccc7)c7cccc8c7sc7ccccc78)cc6)cc5oc4c4ccccc34)cc21. The van der Waals surface area contributed by atoms with E-state index in [1.54, 1.807) is 0 Å². The van der Waals surface area contributed by atoms with Crippen LogP contribution in [0.1, 0.15) is 25.0 Å². The molecule has 1 aliphatic rings. The topological polar surface area (TPSA) is 16.4 Å². The summed E-state index contributed by atoms with van der Waals surface area (Å²) in [5.74, 6) is 0. The Bertz CT molecular complexity index is 3420.